The first-order chi connectivity index (χ1) is 12.1. The van der Waals surface area contributed by atoms with Gasteiger partial charge in [-0.3, -0.25) is 4.72 Å². The minimum absolute atomic E-state index is 0.0123. The van der Waals surface area contributed by atoms with Gasteiger partial charge in [-0.25, -0.2) is 16.8 Å². The lowest BCUT2D eigenvalue weighted by Gasteiger charge is -2.08. The Labute approximate surface area is 161 Å². The average molecular weight is 430 g/mol. The van der Waals surface area contributed by atoms with Gasteiger partial charge in [0.15, 0.2) is 9.84 Å². The van der Waals surface area contributed by atoms with E-state index in [1.807, 2.05) is 0 Å². The monoisotopic (exact) mass is 429 g/mol. The van der Waals surface area contributed by atoms with Crippen molar-refractivity contribution in [1.82, 2.24) is 0 Å². The molecule has 2 aromatic carbocycles. The van der Waals surface area contributed by atoms with E-state index in [9.17, 15) is 16.8 Å². The van der Waals surface area contributed by atoms with Gasteiger partial charge in [0.05, 0.1) is 10.6 Å². The van der Waals surface area contributed by atoms with Gasteiger partial charge in [0.2, 0.25) is 0 Å². The lowest BCUT2D eigenvalue weighted by Crippen LogP contribution is -2.12. The maximum Gasteiger partial charge on any atom is 0.271 e. The van der Waals surface area contributed by atoms with Gasteiger partial charge in [-0.2, -0.15) is 0 Å². The van der Waals surface area contributed by atoms with E-state index < -0.39 is 19.9 Å². The van der Waals surface area contributed by atoms with Gasteiger partial charge >= 0.3 is 0 Å². The quantitative estimate of drug-likeness (QED) is 0.649. The van der Waals surface area contributed by atoms with E-state index in [4.69, 9.17) is 11.6 Å². The molecule has 0 aliphatic carbocycles. The highest BCUT2D eigenvalue weighted by molar-refractivity contribution is 7.95. The molecule has 1 heterocycles. The van der Waals surface area contributed by atoms with Gasteiger partial charge in [-0.1, -0.05) is 18.5 Å². The molecule has 9 heteroatoms. The zero-order valence-electron chi connectivity index (χ0n) is 14.0. The van der Waals surface area contributed by atoms with Crippen molar-refractivity contribution in [3.05, 3.63) is 53.1 Å². The molecule has 3 aromatic rings. The Hall–Kier alpha value is -1.61. The van der Waals surface area contributed by atoms with Gasteiger partial charge in [0, 0.05) is 15.4 Å². The number of nitrogens with one attached hydrogen (secondary N) is 1. The van der Waals surface area contributed by atoms with Crippen LogP contribution in [0.15, 0.2) is 51.6 Å². The number of thiophene rings is 1. The molecule has 0 saturated carbocycles. The van der Waals surface area contributed by atoms with Crippen LogP contribution in [0, 0.1) is 6.92 Å². The largest absolute Gasteiger partial charge is 0.279 e. The van der Waals surface area contributed by atoms with Crippen molar-refractivity contribution in [3.63, 3.8) is 0 Å². The first-order valence-electron chi connectivity index (χ1n) is 7.68. The molecule has 0 spiro atoms. The molecule has 0 atom stereocenters. The van der Waals surface area contributed by atoms with E-state index in [2.05, 4.69) is 4.72 Å². The summed E-state index contributed by atoms with van der Waals surface area (Å²) < 4.78 is 52.8. The maximum absolute atomic E-state index is 12.8. The summed E-state index contributed by atoms with van der Waals surface area (Å²) in [4.78, 5) is 0.163. The Morgan fingerprint density at radius 1 is 1.04 bits per heavy atom. The molecular weight excluding hydrogens is 414 g/mol. The molecule has 0 bridgehead atoms. The average Bonchev–Trinajstić information content (AvgIpc) is 2.92. The molecule has 26 heavy (non-hydrogen) atoms. The van der Waals surface area contributed by atoms with Crippen LogP contribution in [-0.4, -0.2) is 22.6 Å². The third-order valence-corrected chi connectivity index (χ3v) is 9.20. The van der Waals surface area contributed by atoms with Crippen molar-refractivity contribution in [2.24, 2.45) is 0 Å². The van der Waals surface area contributed by atoms with E-state index in [1.54, 1.807) is 32.0 Å². The standard InChI is InChI=1S/C17H16ClNO4S3/c1-3-25(20,21)14-7-5-13(6-8-14)19-26(22,23)17-11(2)15-10-12(18)4-9-16(15)24-17/h4-10,19H,3H2,1-2H3. The van der Waals surface area contributed by atoms with Crippen LogP contribution in [0.4, 0.5) is 5.69 Å². The molecule has 0 unspecified atom stereocenters. The first kappa shape index (κ1) is 19.2. The summed E-state index contributed by atoms with van der Waals surface area (Å²) in [6.07, 6.45) is 0. The maximum atomic E-state index is 12.8. The second kappa shape index (κ2) is 6.84. The van der Waals surface area contributed by atoms with Crippen molar-refractivity contribution in [3.8, 4) is 0 Å². The zero-order valence-corrected chi connectivity index (χ0v) is 17.2. The van der Waals surface area contributed by atoms with E-state index in [0.717, 1.165) is 21.4 Å². The molecule has 0 radical (unpaired) electrons. The van der Waals surface area contributed by atoms with Crippen LogP contribution in [0.2, 0.25) is 5.02 Å². The Bertz CT molecular complexity index is 1180. The highest BCUT2D eigenvalue weighted by atomic mass is 35.5. The number of rotatable bonds is 5. The second-order valence-electron chi connectivity index (χ2n) is 5.69. The second-order valence-corrected chi connectivity index (χ2v) is 11.3. The van der Waals surface area contributed by atoms with Crippen molar-refractivity contribution in [1.29, 1.82) is 0 Å². The fourth-order valence-corrected chi connectivity index (χ4v) is 6.39. The van der Waals surface area contributed by atoms with E-state index in [1.165, 1.54) is 24.3 Å². The number of hydrogen-bond acceptors (Lipinski definition) is 5. The smallest absolute Gasteiger partial charge is 0.271 e. The minimum Gasteiger partial charge on any atom is -0.279 e. The predicted octanol–water partition coefficient (Wildman–Crippen LogP) is 4.46. The Morgan fingerprint density at radius 2 is 1.69 bits per heavy atom. The molecule has 0 aliphatic rings. The van der Waals surface area contributed by atoms with Crippen molar-refractivity contribution in [2.75, 3.05) is 10.5 Å². The number of benzene rings is 2. The van der Waals surface area contributed by atoms with E-state index >= 15 is 0 Å². The lowest BCUT2D eigenvalue weighted by molar-refractivity contribution is 0.597. The Kier molecular flexibility index (Phi) is 5.04. The van der Waals surface area contributed by atoms with Crippen LogP contribution in [0.5, 0.6) is 0 Å². The highest BCUT2D eigenvalue weighted by Gasteiger charge is 2.22. The van der Waals surface area contributed by atoms with Crippen molar-refractivity contribution < 1.29 is 16.8 Å². The molecule has 0 amide bonds. The topological polar surface area (TPSA) is 80.3 Å². The predicted molar refractivity (Wildman–Crippen MR) is 107 cm³/mol. The van der Waals surface area contributed by atoms with Gasteiger partial charge in [-0.05, 0) is 60.3 Å². The summed E-state index contributed by atoms with van der Waals surface area (Å²) >= 11 is 7.16. The van der Waals surface area contributed by atoms with E-state index in [0.29, 0.717) is 16.3 Å². The number of anilines is 1. The number of hydrogen-bond donors (Lipinski definition) is 1. The summed E-state index contributed by atoms with van der Waals surface area (Å²) in [6.45, 7) is 3.29. The van der Waals surface area contributed by atoms with Crippen LogP contribution >= 0.6 is 22.9 Å². The number of halogens is 1. The molecular formula is C17H16ClNO4S3. The fraction of sp³-hybridized carbons (Fsp3) is 0.176. The van der Waals surface area contributed by atoms with Crippen LogP contribution in [0.25, 0.3) is 10.1 Å². The van der Waals surface area contributed by atoms with Crippen molar-refractivity contribution >= 4 is 58.6 Å². The first-order valence-corrected chi connectivity index (χ1v) is 12.0. The van der Waals surface area contributed by atoms with Gasteiger partial charge in [0.25, 0.3) is 10.0 Å². The molecule has 1 N–H and O–H groups in total. The summed E-state index contributed by atoms with van der Waals surface area (Å²) in [7, 11) is -7.12. The minimum atomic E-state index is -3.80. The van der Waals surface area contributed by atoms with Crippen LogP contribution in [-0.2, 0) is 19.9 Å². The normalized spacial score (nSPS) is 12.4. The van der Waals surface area contributed by atoms with Crippen LogP contribution in [0.1, 0.15) is 12.5 Å². The fourth-order valence-electron chi connectivity index (χ4n) is 2.53. The third-order valence-electron chi connectivity index (χ3n) is 3.94. The third kappa shape index (κ3) is 3.59. The SMILES string of the molecule is CCS(=O)(=O)c1ccc(NS(=O)(=O)c2sc3ccc(Cl)cc3c2C)cc1. The highest BCUT2D eigenvalue weighted by Crippen LogP contribution is 2.36. The summed E-state index contributed by atoms with van der Waals surface area (Å²) in [6, 6.07) is 10.9. The number of sulfone groups is 1. The molecule has 3 rings (SSSR count). The number of fused-ring (bicyclic) bond motifs is 1. The molecule has 0 fully saturated rings. The van der Waals surface area contributed by atoms with Crippen molar-refractivity contribution in [2.45, 2.75) is 23.0 Å². The molecule has 0 saturated heterocycles. The molecule has 0 aliphatic heterocycles. The van der Waals surface area contributed by atoms with Gasteiger partial charge < -0.3 is 0 Å². The Morgan fingerprint density at radius 3 is 2.31 bits per heavy atom. The van der Waals surface area contributed by atoms with Gasteiger partial charge in [0.1, 0.15) is 4.21 Å². The summed E-state index contributed by atoms with van der Waals surface area (Å²) in [5.41, 5.74) is 0.931. The molecule has 138 valence electrons. The van der Waals surface area contributed by atoms with Crippen LogP contribution in [0.3, 0.4) is 0 Å². The number of sulfonamides is 1. The summed E-state index contributed by atoms with van der Waals surface area (Å²) in [5, 5.41) is 1.34. The molecule has 1 aromatic heterocycles. The number of aryl methyl sites for hydroxylation is 1. The molecule has 5 nitrogen and oxygen atoms in total. The van der Waals surface area contributed by atoms with E-state index in [-0.39, 0.29) is 14.9 Å². The lowest BCUT2D eigenvalue weighted by atomic mass is 10.2. The van der Waals surface area contributed by atoms with Crippen LogP contribution < -0.4 is 4.72 Å². The van der Waals surface area contributed by atoms with Gasteiger partial charge in [-0.15, -0.1) is 11.3 Å². The summed E-state index contributed by atoms with van der Waals surface area (Å²) in [5.74, 6) is -0.0123. The Balaban J connectivity index is 1.96. The zero-order chi connectivity index (χ0) is 19.1.